The maximum absolute atomic E-state index is 13.5. The predicted octanol–water partition coefficient (Wildman–Crippen LogP) is 4.75. The minimum Gasteiger partial charge on any atom is -0.317 e. The fraction of sp³-hybridized carbons (Fsp3) is 0.625. The van der Waals surface area contributed by atoms with Crippen molar-refractivity contribution < 1.29 is 4.39 Å². The van der Waals surface area contributed by atoms with Crippen LogP contribution >= 0.6 is 11.6 Å². The van der Waals surface area contributed by atoms with E-state index in [2.05, 4.69) is 12.2 Å². The third-order valence-corrected chi connectivity index (χ3v) is 4.52. The fourth-order valence-electron chi connectivity index (χ4n) is 3.17. The largest absolute Gasteiger partial charge is 0.317 e. The second-order valence-electron chi connectivity index (χ2n) is 5.48. The van der Waals surface area contributed by atoms with E-state index in [0.717, 1.165) is 30.1 Å². The van der Waals surface area contributed by atoms with Crippen LogP contribution in [0.4, 0.5) is 4.39 Å². The highest BCUT2D eigenvalue weighted by Crippen LogP contribution is 2.39. The summed E-state index contributed by atoms with van der Waals surface area (Å²) < 4.78 is 13.5. The van der Waals surface area contributed by atoms with Crippen LogP contribution in [0.25, 0.3) is 0 Å². The summed E-state index contributed by atoms with van der Waals surface area (Å²) >= 11 is 6.30. The van der Waals surface area contributed by atoms with Crippen molar-refractivity contribution in [3.05, 3.63) is 34.6 Å². The summed E-state index contributed by atoms with van der Waals surface area (Å²) in [7, 11) is 0. The molecular formula is C16H23ClFN. The van der Waals surface area contributed by atoms with Crippen molar-refractivity contribution in [3.8, 4) is 0 Å². The van der Waals surface area contributed by atoms with Crippen LogP contribution in [0.2, 0.25) is 5.02 Å². The van der Waals surface area contributed by atoms with E-state index in [1.165, 1.54) is 31.7 Å². The molecule has 0 spiro atoms. The number of halogens is 2. The molecule has 0 heterocycles. The van der Waals surface area contributed by atoms with Gasteiger partial charge in [0.1, 0.15) is 5.82 Å². The van der Waals surface area contributed by atoms with E-state index in [9.17, 15) is 4.39 Å². The molecule has 0 aliphatic heterocycles. The molecule has 2 rings (SSSR count). The zero-order valence-electron chi connectivity index (χ0n) is 11.6. The van der Waals surface area contributed by atoms with Crippen LogP contribution in [0.3, 0.4) is 0 Å². The van der Waals surface area contributed by atoms with Gasteiger partial charge >= 0.3 is 0 Å². The molecule has 2 unspecified atom stereocenters. The Labute approximate surface area is 120 Å². The molecule has 106 valence electrons. The van der Waals surface area contributed by atoms with Gasteiger partial charge in [-0.2, -0.15) is 0 Å². The first kappa shape index (κ1) is 14.8. The Hall–Kier alpha value is -0.600. The van der Waals surface area contributed by atoms with Crippen molar-refractivity contribution in [2.75, 3.05) is 13.1 Å². The van der Waals surface area contributed by atoms with E-state index < -0.39 is 0 Å². The van der Waals surface area contributed by atoms with Gasteiger partial charge in [-0.1, -0.05) is 37.8 Å². The van der Waals surface area contributed by atoms with Crippen LogP contribution in [0.1, 0.15) is 50.5 Å². The molecule has 19 heavy (non-hydrogen) atoms. The standard InChI is InChI=1S/C16H23ClFN/c1-2-19-11-12-6-4-3-5-7-14(12)15-10-13(18)8-9-16(15)17/h8-10,12,14,19H,2-7,11H2,1H3. The van der Waals surface area contributed by atoms with Gasteiger partial charge in [0, 0.05) is 5.02 Å². The lowest BCUT2D eigenvalue weighted by Crippen LogP contribution is -2.27. The maximum atomic E-state index is 13.5. The lowest BCUT2D eigenvalue weighted by Gasteiger charge is -2.26. The number of benzene rings is 1. The second-order valence-corrected chi connectivity index (χ2v) is 5.89. The van der Waals surface area contributed by atoms with Crippen molar-refractivity contribution in [2.24, 2.45) is 5.92 Å². The summed E-state index contributed by atoms with van der Waals surface area (Å²) in [6.07, 6.45) is 6.12. The average Bonchev–Trinajstić information content (AvgIpc) is 2.64. The summed E-state index contributed by atoms with van der Waals surface area (Å²) in [6.45, 7) is 4.12. The molecule has 2 atom stereocenters. The van der Waals surface area contributed by atoms with Gasteiger partial charge in [-0.15, -0.1) is 0 Å². The molecule has 1 aromatic rings. The smallest absolute Gasteiger partial charge is 0.123 e. The number of rotatable bonds is 4. The molecule has 3 heteroatoms. The SMILES string of the molecule is CCNCC1CCCCCC1c1cc(F)ccc1Cl. The van der Waals surface area contributed by atoms with Gasteiger partial charge < -0.3 is 5.32 Å². The summed E-state index contributed by atoms with van der Waals surface area (Å²) in [5.41, 5.74) is 1.01. The third-order valence-electron chi connectivity index (χ3n) is 4.17. The van der Waals surface area contributed by atoms with Crippen molar-refractivity contribution in [2.45, 2.75) is 44.9 Å². The molecule has 0 bridgehead atoms. The zero-order valence-corrected chi connectivity index (χ0v) is 12.3. The van der Waals surface area contributed by atoms with Gasteiger partial charge in [0.05, 0.1) is 0 Å². The number of nitrogens with one attached hydrogen (secondary N) is 1. The van der Waals surface area contributed by atoms with E-state index in [-0.39, 0.29) is 5.82 Å². The lowest BCUT2D eigenvalue weighted by atomic mass is 9.82. The Bertz CT molecular complexity index is 408. The van der Waals surface area contributed by atoms with Crippen molar-refractivity contribution in [3.63, 3.8) is 0 Å². The summed E-state index contributed by atoms with van der Waals surface area (Å²) in [6, 6.07) is 4.78. The molecule has 1 saturated carbocycles. The maximum Gasteiger partial charge on any atom is 0.123 e. The van der Waals surface area contributed by atoms with Crippen LogP contribution in [-0.2, 0) is 0 Å². The third kappa shape index (κ3) is 3.93. The van der Waals surface area contributed by atoms with E-state index >= 15 is 0 Å². The highest BCUT2D eigenvalue weighted by molar-refractivity contribution is 6.31. The van der Waals surface area contributed by atoms with Gasteiger partial charge in [0.15, 0.2) is 0 Å². The minimum atomic E-state index is -0.175. The monoisotopic (exact) mass is 283 g/mol. The van der Waals surface area contributed by atoms with Crippen molar-refractivity contribution in [1.29, 1.82) is 0 Å². The first-order chi connectivity index (χ1) is 9.22. The molecule has 0 amide bonds. The second kappa shape index (κ2) is 7.25. The van der Waals surface area contributed by atoms with Gasteiger partial charge in [-0.3, -0.25) is 0 Å². The summed E-state index contributed by atoms with van der Waals surface area (Å²) in [5, 5.41) is 4.16. The normalized spacial score (nSPS) is 24.2. The van der Waals surface area contributed by atoms with E-state index in [4.69, 9.17) is 11.6 Å². The first-order valence-electron chi connectivity index (χ1n) is 7.38. The van der Waals surface area contributed by atoms with E-state index in [1.54, 1.807) is 12.1 Å². The molecule has 1 aromatic carbocycles. The molecule has 1 N–H and O–H groups in total. The molecule has 0 radical (unpaired) electrons. The van der Waals surface area contributed by atoms with Crippen molar-refractivity contribution in [1.82, 2.24) is 5.32 Å². The molecule has 1 fully saturated rings. The van der Waals surface area contributed by atoms with Crippen LogP contribution in [0, 0.1) is 11.7 Å². The van der Waals surface area contributed by atoms with Crippen LogP contribution in [0.5, 0.6) is 0 Å². The Morgan fingerprint density at radius 1 is 1.26 bits per heavy atom. The molecule has 0 aromatic heterocycles. The van der Waals surface area contributed by atoms with E-state index in [1.807, 2.05) is 0 Å². The van der Waals surface area contributed by atoms with Crippen LogP contribution in [-0.4, -0.2) is 13.1 Å². The number of hydrogen-bond acceptors (Lipinski definition) is 1. The van der Waals surface area contributed by atoms with Gasteiger partial charge in [-0.05, 0) is 61.5 Å². The van der Waals surface area contributed by atoms with E-state index in [0.29, 0.717) is 11.8 Å². The van der Waals surface area contributed by atoms with Gasteiger partial charge in [0.25, 0.3) is 0 Å². The molecule has 0 saturated heterocycles. The fourth-order valence-corrected chi connectivity index (χ4v) is 3.42. The van der Waals surface area contributed by atoms with Crippen LogP contribution in [0.15, 0.2) is 18.2 Å². The first-order valence-corrected chi connectivity index (χ1v) is 7.75. The van der Waals surface area contributed by atoms with Crippen LogP contribution < -0.4 is 5.32 Å². The zero-order chi connectivity index (χ0) is 13.7. The quantitative estimate of drug-likeness (QED) is 0.786. The van der Waals surface area contributed by atoms with Crippen molar-refractivity contribution >= 4 is 11.6 Å². The topological polar surface area (TPSA) is 12.0 Å². The Morgan fingerprint density at radius 2 is 2.05 bits per heavy atom. The molecule has 1 aliphatic rings. The molecule has 1 nitrogen and oxygen atoms in total. The Kier molecular flexibility index (Phi) is 5.65. The molecular weight excluding hydrogens is 261 g/mol. The number of hydrogen-bond donors (Lipinski definition) is 1. The van der Waals surface area contributed by atoms with Gasteiger partial charge in [-0.25, -0.2) is 4.39 Å². The average molecular weight is 284 g/mol. The molecule has 1 aliphatic carbocycles. The highest BCUT2D eigenvalue weighted by atomic mass is 35.5. The summed E-state index contributed by atoms with van der Waals surface area (Å²) in [5.74, 6) is 0.789. The van der Waals surface area contributed by atoms with Gasteiger partial charge in [0.2, 0.25) is 0 Å². The highest BCUT2D eigenvalue weighted by Gasteiger charge is 2.26. The Balaban J connectivity index is 2.23. The minimum absolute atomic E-state index is 0.175. The predicted molar refractivity (Wildman–Crippen MR) is 79.3 cm³/mol. The Morgan fingerprint density at radius 3 is 2.84 bits per heavy atom. The lowest BCUT2D eigenvalue weighted by molar-refractivity contribution is 0.378. The summed E-state index contributed by atoms with van der Waals surface area (Å²) in [4.78, 5) is 0.